The maximum absolute atomic E-state index is 13.3. The molecular formula is C19H18F2N2O4. The van der Waals surface area contributed by atoms with E-state index in [1.807, 2.05) is 0 Å². The van der Waals surface area contributed by atoms with Gasteiger partial charge in [-0.15, -0.1) is 0 Å². The molecule has 2 aromatic carbocycles. The molecule has 2 aromatic rings. The predicted octanol–water partition coefficient (Wildman–Crippen LogP) is 1.78. The summed E-state index contributed by atoms with van der Waals surface area (Å²) < 4.78 is 31.2. The highest BCUT2D eigenvalue weighted by Crippen LogP contribution is 2.16. The molecule has 0 aliphatic carbocycles. The standard InChI is InChI=1S/C19H18F2N2O4/c1-11(22)18(25)27-19(26)17(13-5-3-2-4-6-13)23-16(24)9-12-7-14(20)10-15(21)8-12/h2-8,10-11,17H,9,22H2,1H3,(H,23,24)/t11?,17-/m0/s1. The Hall–Kier alpha value is -3.13. The third-order valence-electron chi connectivity index (χ3n) is 3.53. The van der Waals surface area contributed by atoms with Gasteiger partial charge in [0.1, 0.15) is 17.7 Å². The number of ether oxygens (including phenoxy) is 1. The molecule has 2 atom stereocenters. The average molecular weight is 376 g/mol. The van der Waals surface area contributed by atoms with Crippen molar-refractivity contribution in [2.45, 2.75) is 25.4 Å². The van der Waals surface area contributed by atoms with E-state index in [0.717, 1.165) is 12.1 Å². The van der Waals surface area contributed by atoms with E-state index in [-0.39, 0.29) is 12.0 Å². The van der Waals surface area contributed by atoms with Crippen LogP contribution in [0.3, 0.4) is 0 Å². The molecule has 1 unspecified atom stereocenters. The Morgan fingerprint density at radius 2 is 1.63 bits per heavy atom. The van der Waals surface area contributed by atoms with Crippen molar-refractivity contribution in [3.8, 4) is 0 Å². The summed E-state index contributed by atoms with van der Waals surface area (Å²) in [6.45, 7) is 1.35. The second-order valence-electron chi connectivity index (χ2n) is 5.89. The van der Waals surface area contributed by atoms with Crippen molar-refractivity contribution < 1.29 is 27.9 Å². The van der Waals surface area contributed by atoms with Crippen molar-refractivity contribution in [3.05, 3.63) is 71.3 Å². The number of hydrogen-bond acceptors (Lipinski definition) is 5. The van der Waals surface area contributed by atoms with E-state index < -0.39 is 41.6 Å². The smallest absolute Gasteiger partial charge is 0.341 e. The monoisotopic (exact) mass is 376 g/mol. The Balaban J connectivity index is 2.17. The van der Waals surface area contributed by atoms with Gasteiger partial charge < -0.3 is 15.8 Å². The molecule has 142 valence electrons. The van der Waals surface area contributed by atoms with Gasteiger partial charge in [-0.25, -0.2) is 18.4 Å². The first-order valence-corrected chi connectivity index (χ1v) is 8.06. The number of carbonyl (C=O) groups is 3. The fourth-order valence-corrected chi connectivity index (χ4v) is 2.29. The van der Waals surface area contributed by atoms with Crippen LogP contribution in [0.4, 0.5) is 8.78 Å². The lowest BCUT2D eigenvalue weighted by atomic mass is 10.1. The number of rotatable bonds is 6. The zero-order valence-electron chi connectivity index (χ0n) is 14.4. The van der Waals surface area contributed by atoms with Crippen molar-refractivity contribution in [1.29, 1.82) is 0 Å². The van der Waals surface area contributed by atoms with Crippen LogP contribution >= 0.6 is 0 Å². The third kappa shape index (κ3) is 5.96. The van der Waals surface area contributed by atoms with Crippen LogP contribution in [0.15, 0.2) is 48.5 Å². The first-order valence-electron chi connectivity index (χ1n) is 8.06. The topological polar surface area (TPSA) is 98.5 Å². The van der Waals surface area contributed by atoms with Gasteiger partial charge in [0.05, 0.1) is 6.42 Å². The van der Waals surface area contributed by atoms with Crippen molar-refractivity contribution in [2.24, 2.45) is 5.73 Å². The molecule has 0 aromatic heterocycles. The third-order valence-corrected chi connectivity index (χ3v) is 3.53. The summed E-state index contributed by atoms with van der Waals surface area (Å²) in [5, 5.41) is 2.41. The average Bonchev–Trinajstić information content (AvgIpc) is 2.59. The minimum Gasteiger partial charge on any atom is -0.390 e. The van der Waals surface area contributed by atoms with E-state index in [2.05, 4.69) is 10.1 Å². The van der Waals surface area contributed by atoms with Gasteiger partial charge in [-0.05, 0) is 30.2 Å². The second kappa shape index (κ2) is 9.00. The summed E-state index contributed by atoms with van der Waals surface area (Å²) in [7, 11) is 0. The summed E-state index contributed by atoms with van der Waals surface area (Å²) in [4.78, 5) is 36.2. The van der Waals surface area contributed by atoms with Crippen molar-refractivity contribution in [2.75, 3.05) is 0 Å². The molecule has 3 N–H and O–H groups in total. The lowest BCUT2D eigenvalue weighted by Gasteiger charge is -2.18. The van der Waals surface area contributed by atoms with Crippen LogP contribution in [-0.2, 0) is 25.5 Å². The number of esters is 2. The molecule has 1 amide bonds. The second-order valence-corrected chi connectivity index (χ2v) is 5.89. The van der Waals surface area contributed by atoms with Gasteiger partial charge in [-0.1, -0.05) is 30.3 Å². The van der Waals surface area contributed by atoms with Gasteiger partial charge in [-0.2, -0.15) is 0 Å². The first kappa shape index (κ1) is 20.2. The lowest BCUT2D eigenvalue weighted by molar-refractivity contribution is -0.162. The predicted molar refractivity (Wildman–Crippen MR) is 92.1 cm³/mol. The molecule has 0 spiro atoms. The van der Waals surface area contributed by atoms with Gasteiger partial charge in [-0.3, -0.25) is 4.79 Å². The van der Waals surface area contributed by atoms with Crippen LogP contribution in [0.5, 0.6) is 0 Å². The molecule has 0 heterocycles. The Morgan fingerprint density at radius 3 is 2.19 bits per heavy atom. The van der Waals surface area contributed by atoms with Crippen LogP contribution in [0, 0.1) is 11.6 Å². The highest BCUT2D eigenvalue weighted by Gasteiger charge is 2.27. The van der Waals surface area contributed by atoms with Crippen LogP contribution in [0.1, 0.15) is 24.1 Å². The molecule has 0 fully saturated rings. The van der Waals surface area contributed by atoms with Crippen LogP contribution in [0.2, 0.25) is 0 Å². The molecule has 6 nitrogen and oxygen atoms in total. The largest absolute Gasteiger partial charge is 0.390 e. The highest BCUT2D eigenvalue weighted by atomic mass is 19.1. The van der Waals surface area contributed by atoms with Crippen molar-refractivity contribution >= 4 is 17.8 Å². The normalized spacial score (nSPS) is 12.7. The molecule has 0 saturated heterocycles. The van der Waals surface area contributed by atoms with E-state index >= 15 is 0 Å². The number of carbonyl (C=O) groups excluding carboxylic acids is 3. The molecule has 8 heteroatoms. The molecule has 2 rings (SSSR count). The molecule has 0 saturated carbocycles. The quantitative estimate of drug-likeness (QED) is 0.592. The Labute approximate surface area is 154 Å². The van der Waals surface area contributed by atoms with Gasteiger partial charge in [0.25, 0.3) is 0 Å². The van der Waals surface area contributed by atoms with E-state index in [4.69, 9.17) is 5.73 Å². The van der Waals surface area contributed by atoms with Gasteiger partial charge in [0, 0.05) is 6.07 Å². The number of nitrogens with one attached hydrogen (secondary N) is 1. The summed E-state index contributed by atoms with van der Waals surface area (Å²) in [6.07, 6.45) is -0.369. The van der Waals surface area contributed by atoms with E-state index in [0.29, 0.717) is 11.6 Å². The fraction of sp³-hybridized carbons (Fsp3) is 0.211. The summed E-state index contributed by atoms with van der Waals surface area (Å²) >= 11 is 0. The maximum atomic E-state index is 13.3. The number of benzene rings is 2. The first-order chi connectivity index (χ1) is 12.8. The van der Waals surface area contributed by atoms with Crippen molar-refractivity contribution in [1.82, 2.24) is 5.32 Å². The van der Waals surface area contributed by atoms with Crippen molar-refractivity contribution in [3.63, 3.8) is 0 Å². The zero-order valence-corrected chi connectivity index (χ0v) is 14.4. The van der Waals surface area contributed by atoms with Crippen LogP contribution in [0.25, 0.3) is 0 Å². The molecular weight excluding hydrogens is 358 g/mol. The zero-order chi connectivity index (χ0) is 20.0. The summed E-state index contributed by atoms with van der Waals surface area (Å²) in [6, 6.07) is 8.51. The Morgan fingerprint density at radius 1 is 1.04 bits per heavy atom. The molecule has 0 aliphatic heterocycles. The Bertz CT molecular complexity index is 821. The fourth-order valence-electron chi connectivity index (χ4n) is 2.29. The van der Waals surface area contributed by atoms with Gasteiger partial charge in [0.2, 0.25) is 5.91 Å². The number of halogens is 2. The Kier molecular flexibility index (Phi) is 6.73. The minimum atomic E-state index is -1.28. The van der Waals surface area contributed by atoms with E-state index in [1.165, 1.54) is 6.92 Å². The van der Waals surface area contributed by atoms with E-state index in [9.17, 15) is 23.2 Å². The molecule has 27 heavy (non-hydrogen) atoms. The molecule has 0 aliphatic rings. The maximum Gasteiger partial charge on any atom is 0.341 e. The van der Waals surface area contributed by atoms with Gasteiger partial charge >= 0.3 is 11.9 Å². The SMILES string of the molecule is CC(N)C(=O)OC(=O)[C@@H](NC(=O)Cc1cc(F)cc(F)c1)c1ccccc1. The lowest BCUT2D eigenvalue weighted by Crippen LogP contribution is -2.39. The summed E-state index contributed by atoms with van der Waals surface area (Å²) in [5.41, 5.74) is 5.84. The number of amides is 1. The van der Waals surface area contributed by atoms with Crippen LogP contribution in [-0.4, -0.2) is 23.9 Å². The number of hydrogen-bond donors (Lipinski definition) is 2. The van der Waals surface area contributed by atoms with Gasteiger partial charge in [0.15, 0.2) is 6.04 Å². The number of nitrogens with two attached hydrogens (primary N) is 1. The minimum absolute atomic E-state index is 0.0943. The molecule has 0 bridgehead atoms. The van der Waals surface area contributed by atoms with E-state index in [1.54, 1.807) is 30.3 Å². The molecule has 0 radical (unpaired) electrons. The highest BCUT2D eigenvalue weighted by molar-refractivity contribution is 5.93. The van der Waals surface area contributed by atoms with Crippen LogP contribution < -0.4 is 11.1 Å². The summed E-state index contributed by atoms with van der Waals surface area (Å²) in [5.74, 6) is -4.28.